The molecule has 0 saturated heterocycles. The fourth-order valence-electron chi connectivity index (χ4n) is 2.68. The topological polar surface area (TPSA) is 86.5 Å². The first kappa shape index (κ1) is 13.9. The molecular weight excluding hydrogens is 286 g/mol. The maximum atomic E-state index is 12.5. The number of hydrogen-bond acceptors (Lipinski definition) is 5. The minimum absolute atomic E-state index is 0.0944. The fraction of sp³-hybridized carbons (Fsp3) is 0.125. The van der Waals surface area contributed by atoms with Crippen LogP contribution >= 0.6 is 0 Å². The maximum Gasteiger partial charge on any atom is 0.277 e. The fourth-order valence-corrected chi connectivity index (χ4v) is 2.68. The summed E-state index contributed by atoms with van der Waals surface area (Å²) in [5, 5.41) is 11.3. The van der Waals surface area contributed by atoms with Crippen LogP contribution in [-0.4, -0.2) is 23.6 Å². The van der Waals surface area contributed by atoms with Gasteiger partial charge in [-0.2, -0.15) is 0 Å². The number of ketones is 2. The standard InChI is InChI=1S/C16H11NO5/c1-22-9-6-7-12(13(8-9)17(20)21)14-15(18)10-4-2-3-5-11(10)16(14)19/h2-8,14H,1H3. The van der Waals surface area contributed by atoms with E-state index in [4.69, 9.17) is 4.74 Å². The highest BCUT2D eigenvalue weighted by Crippen LogP contribution is 2.39. The van der Waals surface area contributed by atoms with E-state index in [9.17, 15) is 19.7 Å². The van der Waals surface area contributed by atoms with Crippen molar-refractivity contribution in [2.75, 3.05) is 7.11 Å². The van der Waals surface area contributed by atoms with Crippen molar-refractivity contribution in [2.24, 2.45) is 0 Å². The van der Waals surface area contributed by atoms with E-state index < -0.39 is 22.4 Å². The van der Waals surface area contributed by atoms with E-state index in [1.807, 2.05) is 0 Å². The molecule has 0 heterocycles. The Morgan fingerprint density at radius 3 is 2.14 bits per heavy atom. The van der Waals surface area contributed by atoms with E-state index in [0.29, 0.717) is 16.9 Å². The zero-order chi connectivity index (χ0) is 15.9. The number of nitro benzene ring substituents is 1. The summed E-state index contributed by atoms with van der Waals surface area (Å²) in [6.45, 7) is 0. The van der Waals surface area contributed by atoms with Crippen LogP contribution in [0.2, 0.25) is 0 Å². The number of methoxy groups -OCH3 is 1. The second-order valence-corrected chi connectivity index (χ2v) is 4.89. The average molecular weight is 297 g/mol. The Kier molecular flexibility index (Phi) is 3.21. The molecule has 0 unspecified atom stereocenters. The number of carbonyl (C=O) groups is 2. The molecule has 0 aliphatic heterocycles. The van der Waals surface area contributed by atoms with Crippen molar-refractivity contribution in [1.29, 1.82) is 0 Å². The highest BCUT2D eigenvalue weighted by Gasteiger charge is 2.42. The molecule has 0 N–H and O–H groups in total. The smallest absolute Gasteiger partial charge is 0.277 e. The summed E-state index contributed by atoms with van der Waals surface area (Å²) in [4.78, 5) is 35.6. The summed E-state index contributed by atoms with van der Waals surface area (Å²) in [7, 11) is 1.39. The largest absolute Gasteiger partial charge is 0.497 e. The van der Waals surface area contributed by atoms with Crippen LogP contribution < -0.4 is 4.74 Å². The molecule has 0 saturated carbocycles. The molecule has 0 amide bonds. The maximum absolute atomic E-state index is 12.5. The van der Waals surface area contributed by atoms with Gasteiger partial charge in [-0.15, -0.1) is 0 Å². The van der Waals surface area contributed by atoms with Crippen LogP contribution in [0.1, 0.15) is 32.2 Å². The quantitative estimate of drug-likeness (QED) is 0.494. The van der Waals surface area contributed by atoms with Crippen LogP contribution in [0.5, 0.6) is 5.75 Å². The van der Waals surface area contributed by atoms with Gasteiger partial charge in [-0.05, 0) is 12.1 Å². The van der Waals surface area contributed by atoms with Crippen molar-refractivity contribution < 1.29 is 19.2 Å². The van der Waals surface area contributed by atoms with Crippen LogP contribution in [0.15, 0.2) is 42.5 Å². The number of Topliss-reactive ketones (excluding diaryl/α,β-unsaturated/α-hetero) is 2. The van der Waals surface area contributed by atoms with E-state index in [0.717, 1.165) is 0 Å². The molecule has 0 fully saturated rings. The first-order chi connectivity index (χ1) is 10.5. The van der Waals surface area contributed by atoms with E-state index in [1.165, 1.54) is 25.3 Å². The zero-order valence-corrected chi connectivity index (χ0v) is 11.6. The molecule has 0 radical (unpaired) electrons. The lowest BCUT2D eigenvalue weighted by molar-refractivity contribution is -0.385. The van der Waals surface area contributed by atoms with Crippen molar-refractivity contribution in [3.63, 3.8) is 0 Å². The molecule has 6 nitrogen and oxygen atoms in total. The number of nitro groups is 1. The van der Waals surface area contributed by atoms with Crippen molar-refractivity contribution >= 4 is 17.3 Å². The Hall–Kier alpha value is -3.02. The van der Waals surface area contributed by atoms with Crippen LogP contribution in [0.3, 0.4) is 0 Å². The van der Waals surface area contributed by atoms with E-state index >= 15 is 0 Å². The van der Waals surface area contributed by atoms with Gasteiger partial charge in [0.2, 0.25) is 0 Å². The van der Waals surface area contributed by atoms with E-state index in [1.54, 1.807) is 24.3 Å². The number of benzene rings is 2. The molecule has 1 aliphatic rings. The van der Waals surface area contributed by atoms with Gasteiger partial charge in [0, 0.05) is 16.7 Å². The van der Waals surface area contributed by atoms with Gasteiger partial charge in [0.15, 0.2) is 11.6 Å². The molecule has 1 aliphatic carbocycles. The monoisotopic (exact) mass is 297 g/mol. The predicted molar refractivity (Wildman–Crippen MR) is 77.5 cm³/mol. The number of nitrogens with zero attached hydrogens (tertiary/aromatic N) is 1. The summed E-state index contributed by atoms with van der Waals surface area (Å²) in [5.41, 5.74) is 0.418. The molecule has 22 heavy (non-hydrogen) atoms. The number of rotatable bonds is 3. The number of carbonyl (C=O) groups excluding carboxylic acids is 2. The molecule has 0 atom stereocenters. The average Bonchev–Trinajstić information content (AvgIpc) is 2.79. The minimum atomic E-state index is -1.16. The molecule has 110 valence electrons. The third-order valence-electron chi connectivity index (χ3n) is 3.73. The molecule has 6 heteroatoms. The van der Waals surface area contributed by atoms with Gasteiger partial charge in [0.25, 0.3) is 5.69 Å². The molecule has 0 bridgehead atoms. The molecular formula is C16H11NO5. The number of hydrogen-bond donors (Lipinski definition) is 0. The van der Waals surface area contributed by atoms with Gasteiger partial charge in [-0.1, -0.05) is 24.3 Å². The van der Waals surface area contributed by atoms with E-state index in [2.05, 4.69) is 0 Å². The SMILES string of the molecule is COc1ccc(C2C(=O)c3ccccc3C2=O)c([N+](=O)[O-])c1. The second kappa shape index (κ2) is 5.07. The summed E-state index contributed by atoms with van der Waals surface area (Å²) >= 11 is 0. The highest BCUT2D eigenvalue weighted by atomic mass is 16.6. The first-order valence-corrected chi connectivity index (χ1v) is 6.54. The summed E-state index contributed by atoms with van der Waals surface area (Å²) in [6.07, 6.45) is 0. The van der Waals surface area contributed by atoms with Crippen LogP contribution in [-0.2, 0) is 0 Å². The first-order valence-electron chi connectivity index (χ1n) is 6.54. The summed E-state index contributed by atoms with van der Waals surface area (Å²) in [5.74, 6) is -1.68. The zero-order valence-electron chi connectivity index (χ0n) is 11.6. The predicted octanol–water partition coefficient (Wildman–Crippen LogP) is 2.77. The Morgan fingerprint density at radius 2 is 1.64 bits per heavy atom. The second-order valence-electron chi connectivity index (χ2n) is 4.89. The van der Waals surface area contributed by atoms with Gasteiger partial charge in [-0.3, -0.25) is 19.7 Å². The Balaban J connectivity index is 2.16. The lowest BCUT2D eigenvalue weighted by atomic mass is 9.92. The Bertz CT molecular complexity index is 777. The van der Waals surface area contributed by atoms with Gasteiger partial charge < -0.3 is 4.74 Å². The van der Waals surface area contributed by atoms with Crippen LogP contribution in [0, 0.1) is 10.1 Å². The normalized spacial score (nSPS) is 14.0. The van der Waals surface area contributed by atoms with Gasteiger partial charge in [0.05, 0.1) is 18.1 Å². The highest BCUT2D eigenvalue weighted by molar-refractivity contribution is 6.30. The number of ether oxygens (including phenoxy) is 1. The summed E-state index contributed by atoms with van der Waals surface area (Å²) < 4.78 is 4.96. The molecule has 2 aromatic rings. The Labute approximate surface area is 125 Å². The molecule has 3 rings (SSSR count). The van der Waals surface area contributed by atoms with Gasteiger partial charge >= 0.3 is 0 Å². The third kappa shape index (κ3) is 1.96. The third-order valence-corrected chi connectivity index (χ3v) is 3.73. The molecule has 0 aromatic heterocycles. The Morgan fingerprint density at radius 1 is 1.05 bits per heavy atom. The summed E-state index contributed by atoms with van der Waals surface area (Å²) in [6, 6.07) is 10.6. The van der Waals surface area contributed by atoms with Crippen LogP contribution in [0.25, 0.3) is 0 Å². The minimum Gasteiger partial charge on any atom is -0.497 e. The lowest BCUT2D eigenvalue weighted by Crippen LogP contribution is -2.14. The van der Waals surface area contributed by atoms with Gasteiger partial charge in [0.1, 0.15) is 11.7 Å². The van der Waals surface area contributed by atoms with Crippen molar-refractivity contribution in [1.82, 2.24) is 0 Å². The number of fused-ring (bicyclic) bond motifs is 1. The molecule has 0 spiro atoms. The van der Waals surface area contributed by atoms with Crippen molar-refractivity contribution in [2.45, 2.75) is 5.92 Å². The van der Waals surface area contributed by atoms with Crippen molar-refractivity contribution in [3.8, 4) is 5.75 Å². The van der Waals surface area contributed by atoms with Crippen LogP contribution in [0.4, 0.5) is 5.69 Å². The van der Waals surface area contributed by atoms with E-state index in [-0.39, 0.29) is 11.3 Å². The molecule has 2 aromatic carbocycles. The lowest BCUT2D eigenvalue weighted by Gasteiger charge is -2.09. The van der Waals surface area contributed by atoms with Crippen molar-refractivity contribution in [3.05, 3.63) is 69.3 Å². The van der Waals surface area contributed by atoms with Gasteiger partial charge in [-0.25, -0.2) is 0 Å².